The minimum atomic E-state index is -3.92. The molecule has 0 bridgehead atoms. The number of rotatable bonds is 27. The van der Waals surface area contributed by atoms with Crippen LogP contribution >= 0.6 is 12.4 Å². The largest absolute Gasteiger partial charge is 0.484 e. The SMILES string of the molecule is C=C[C@@H]1C[C@]1(N)C(=O)NS(=O)(=O)C1CC1.C=C[C@@H]1C[C@]1(NC(=O)C1C[C@@H](Oc2cc(-c3ccccc3)nc3c(C)noc23)CN1C(=O)[C@@H](NC(=O)OC(C)(C)C)C(C)(C)C)C(=O)NS(=O)(=O)C1CC1.C=C[C@@H]1C[C@]1(NC(=O)OC(C)(C)C)C(=O)NS(=O)(=O)C1CC1.Cl.[B]C(=O)NC1(C(=O)OCC)CC1C=C.[B]C(=O)N[C@]1(C(=O)O)C[C@H]1C=C. The molecule has 2 aromatic heterocycles. The molecule has 642 valence electrons. The van der Waals surface area contributed by atoms with Gasteiger partial charge in [0.1, 0.15) is 68.3 Å². The molecule has 118 heavy (non-hydrogen) atoms. The number of hydrogen-bond acceptors (Lipinski definition) is 25. The standard InChI is InChI=1S/C38H48N6O9S.C14H22N2O5S.C9H12BNO3.C9H14N2O3S.C7H8BNO3.ClH/c1-9-23-19-38(23,34(47)43-54(49,50)25-15-16-25)41-32(45)27-17-24(20-44(27)33(46)31(36(3,4)5)40-35(48)52-37(6,7)8)51-28-18-26(22-13-11-10-12-14-22)39-29-21(2)42-53-30(28)29;1-5-9-8-14(9,15-12(18)21-13(2,3)4)11(17)16-22(19,20)10-6-7-10;1-3-6-5-9(6,11-8(10)13)7(12)14-4-2;1-2-6-5-9(6,10)8(12)11-15(13,14)7-3-4-7;1-2-4-3-7(4,5(10)11)9-6(8)12;/h9-14,18,23-25,27,31H,1,15-17,19-20H2,2-8H3,(H,40,48)(H,41,45)(H,43,47);5,9-10H,1,6-8H2,2-4H3,(H,15,18)(H,16,17);3,6H,1,4-5H2,2H3,(H,11,13);2,6-7H,1,3-5,10H2,(H,11,12);2,4H,1,3H2,(H,9,12)(H,10,11);1H/t23-,24-,27?,31-,38-;9-,14-;;6-,9-;4-,7-;/m11.11./s1. The van der Waals surface area contributed by atoms with Gasteiger partial charge in [0.05, 0.1) is 34.6 Å². The number of aromatic nitrogens is 2. The quantitative estimate of drug-likeness (QED) is 0.0197. The number of carbonyl (C=O) groups is 11. The number of ether oxygens (including phenoxy) is 4. The van der Waals surface area contributed by atoms with Gasteiger partial charge >= 0.3 is 24.1 Å². The second-order valence-electron chi connectivity index (χ2n) is 33.5. The molecule has 9 aliphatic rings. The van der Waals surface area contributed by atoms with Crippen LogP contribution in [-0.4, -0.2) is 212 Å². The molecule has 9 fully saturated rings. The third-order valence-corrected chi connectivity index (χ3v) is 26.2. The van der Waals surface area contributed by atoms with Gasteiger partial charge in [0, 0.05) is 47.6 Å². The summed E-state index contributed by atoms with van der Waals surface area (Å²) in [4.78, 5) is 141. The summed E-state index contributed by atoms with van der Waals surface area (Å²) in [5.74, 6) is -7.43. The summed E-state index contributed by atoms with van der Waals surface area (Å²) in [6.45, 7) is 37.1. The molecular weight excluding hydrogens is 1610 g/mol. The third kappa shape index (κ3) is 23.2. The maximum absolute atomic E-state index is 14.6. The maximum Gasteiger partial charge on any atom is 0.408 e. The normalized spacial score (nSPS) is 26.9. The van der Waals surface area contributed by atoms with Crippen LogP contribution < -0.4 is 51.2 Å². The van der Waals surface area contributed by atoms with E-state index in [2.05, 4.69) is 74.1 Å². The molecule has 1 aromatic carbocycles. The average molecular weight is 1720 g/mol. The van der Waals surface area contributed by atoms with Gasteiger partial charge in [-0.3, -0.25) is 47.7 Å². The summed E-state index contributed by atoms with van der Waals surface area (Å²) in [5.41, 5.74) is 0.0137. The van der Waals surface area contributed by atoms with E-state index in [1.807, 2.05) is 35.1 Å². The number of nitrogens with zero attached hydrogens (tertiary/aromatic N) is 3. The van der Waals surface area contributed by atoms with Gasteiger partial charge in [-0.1, -0.05) is 86.6 Å². The molecule has 1 saturated heterocycles. The maximum atomic E-state index is 14.6. The number of alkyl carbamates (subject to hydrolysis) is 2. The van der Waals surface area contributed by atoms with E-state index in [9.17, 15) is 78.0 Å². The van der Waals surface area contributed by atoms with Crippen LogP contribution in [-0.2, 0) is 77.8 Å². The Morgan fingerprint density at radius 1 is 0.627 bits per heavy atom. The molecule has 3 heterocycles. The van der Waals surface area contributed by atoms with Gasteiger partial charge in [0.25, 0.3) is 17.7 Å². The van der Waals surface area contributed by atoms with E-state index in [1.54, 1.807) is 94.4 Å². The van der Waals surface area contributed by atoms with Crippen LogP contribution in [0.5, 0.6) is 5.75 Å². The zero-order valence-electron chi connectivity index (χ0n) is 67.8. The number of amides is 9. The molecule has 35 nitrogen and oxygen atoms in total. The number of benzene rings is 1. The topological polar surface area (TPSA) is 512 Å². The second-order valence-corrected chi connectivity index (χ2v) is 39.4. The van der Waals surface area contributed by atoms with E-state index >= 15 is 0 Å². The number of carboxylic acid groups (broad SMARTS) is 1. The first-order valence-electron chi connectivity index (χ1n) is 38.0. The Labute approximate surface area is 695 Å². The van der Waals surface area contributed by atoms with Gasteiger partial charge in [-0.05, 0) is 131 Å². The van der Waals surface area contributed by atoms with Gasteiger partial charge in [-0.2, -0.15) is 0 Å². The summed E-state index contributed by atoms with van der Waals surface area (Å²) in [6.07, 6.45) is 10.4. The Morgan fingerprint density at radius 2 is 1.06 bits per heavy atom. The summed E-state index contributed by atoms with van der Waals surface area (Å²) >= 11 is 0. The van der Waals surface area contributed by atoms with Crippen LogP contribution in [0, 0.1) is 41.9 Å². The van der Waals surface area contributed by atoms with Crippen molar-refractivity contribution in [2.75, 3.05) is 13.2 Å². The molecule has 41 heteroatoms. The van der Waals surface area contributed by atoms with Gasteiger partial charge in [-0.15, -0.1) is 45.3 Å². The number of halogens is 1. The molecule has 13 atom stereocenters. The number of fused-ring (bicyclic) bond motifs is 1. The van der Waals surface area contributed by atoms with E-state index < -0.39 is 180 Å². The van der Waals surface area contributed by atoms with Gasteiger partial charge in [0.2, 0.25) is 63.2 Å². The zero-order valence-corrected chi connectivity index (χ0v) is 71.0. The number of carbonyl (C=O) groups excluding carboxylic acids is 10. The Hall–Kier alpha value is -9.66. The minimum Gasteiger partial charge on any atom is -0.484 e. The minimum absolute atomic E-state index is 0. The number of carboxylic acids is 1. The summed E-state index contributed by atoms with van der Waals surface area (Å²) in [6, 6.07) is 8.84. The van der Waals surface area contributed by atoms with Crippen molar-refractivity contribution in [3.05, 3.63) is 105 Å². The molecule has 11 N–H and O–H groups in total. The van der Waals surface area contributed by atoms with Crippen LogP contribution in [0.25, 0.3) is 22.4 Å². The number of sulfonamides is 3. The monoisotopic (exact) mass is 1720 g/mol. The highest BCUT2D eigenvalue weighted by Crippen LogP contribution is 2.49. The Morgan fingerprint density at radius 3 is 1.47 bits per heavy atom. The van der Waals surface area contributed by atoms with Gasteiger partial charge in [-0.25, -0.2) is 49.4 Å². The van der Waals surface area contributed by atoms with Gasteiger partial charge < -0.3 is 65.8 Å². The number of aliphatic carboxylic acids is 1. The summed E-state index contributed by atoms with van der Waals surface area (Å²) in [7, 11) is -1.25. The van der Waals surface area contributed by atoms with Crippen LogP contribution in [0.15, 0.2) is 104 Å². The van der Waals surface area contributed by atoms with Crippen molar-refractivity contribution in [3.63, 3.8) is 0 Å². The van der Waals surface area contributed by atoms with E-state index in [-0.39, 0.29) is 67.7 Å². The molecule has 8 aliphatic carbocycles. The smallest absolute Gasteiger partial charge is 0.408 e. The van der Waals surface area contributed by atoms with E-state index in [1.165, 1.54) is 23.1 Å². The van der Waals surface area contributed by atoms with Crippen molar-refractivity contribution in [1.82, 2.24) is 55.8 Å². The molecule has 12 rings (SSSR count). The van der Waals surface area contributed by atoms with Crippen LogP contribution in [0.1, 0.15) is 152 Å². The molecule has 1 aliphatic heterocycles. The zero-order chi connectivity index (χ0) is 87.5. The lowest BCUT2D eigenvalue weighted by Crippen LogP contribution is -2.60. The molecule has 8 saturated carbocycles. The van der Waals surface area contributed by atoms with Crippen molar-refractivity contribution in [1.29, 1.82) is 0 Å². The van der Waals surface area contributed by atoms with Crippen LogP contribution in [0.2, 0.25) is 0 Å². The van der Waals surface area contributed by atoms with E-state index in [0.29, 0.717) is 86.9 Å². The van der Waals surface area contributed by atoms with E-state index in [0.717, 1.165) is 5.56 Å². The molecular formula is C77H105B2ClN12O23S3. The van der Waals surface area contributed by atoms with Crippen molar-refractivity contribution >= 4 is 135 Å². The van der Waals surface area contributed by atoms with Crippen molar-refractivity contribution in [2.45, 2.75) is 226 Å². The molecule has 4 radical (unpaired) electrons. The van der Waals surface area contributed by atoms with Crippen LogP contribution in [0.4, 0.5) is 19.2 Å². The second kappa shape index (κ2) is 36.1. The molecule has 9 amide bonds. The lowest BCUT2D eigenvalue weighted by Gasteiger charge is -2.36. The Bertz CT molecular complexity index is 4810. The number of nitrogens with two attached hydrogens (primary N) is 1. The van der Waals surface area contributed by atoms with Crippen molar-refractivity contribution < 1.29 is 107 Å². The highest BCUT2D eigenvalue weighted by Gasteiger charge is 2.65. The number of aryl methyl sites for hydroxylation is 1. The fourth-order valence-electron chi connectivity index (χ4n) is 13.1. The molecule has 3 unspecified atom stereocenters. The fraction of sp³-hybridized carbons (Fsp3) is 0.571. The highest BCUT2D eigenvalue weighted by atomic mass is 35.5. The third-order valence-electron chi connectivity index (χ3n) is 20.7. The lowest BCUT2D eigenvalue weighted by molar-refractivity contribution is -0.147. The predicted molar refractivity (Wildman–Crippen MR) is 436 cm³/mol. The molecule has 3 aromatic rings. The van der Waals surface area contributed by atoms with Crippen molar-refractivity contribution in [2.24, 2.45) is 40.7 Å². The number of nitrogens with one attached hydrogen (secondary N) is 8. The number of likely N-dealkylation sites (tertiary alicyclic amines) is 1. The number of esters is 1. The van der Waals surface area contributed by atoms with Crippen LogP contribution in [0.3, 0.4) is 0 Å². The number of hydrogen-bond donors (Lipinski definition) is 10. The number of pyridine rings is 1. The highest BCUT2D eigenvalue weighted by molar-refractivity contribution is 7.91. The first-order valence-corrected chi connectivity index (χ1v) is 42.6. The summed E-state index contributed by atoms with van der Waals surface area (Å²) < 4.78 is 106. The lowest BCUT2D eigenvalue weighted by atomic mass is 9.85. The van der Waals surface area contributed by atoms with Gasteiger partial charge in [0.15, 0.2) is 17.4 Å². The molecule has 0 spiro atoms. The van der Waals surface area contributed by atoms with E-state index in [4.69, 9.17) is 55.0 Å². The predicted octanol–water partition coefficient (Wildman–Crippen LogP) is 5.41. The Kier molecular flexibility index (Phi) is 29.2. The summed E-state index contributed by atoms with van der Waals surface area (Å²) in [5, 5.41) is 23.9. The Balaban J connectivity index is 0.000000243. The average Bonchev–Trinajstić information content (AvgIpc) is 1.61. The fourth-order valence-corrected chi connectivity index (χ4v) is 17.2. The first kappa shape index (κ1) is 95.5. The first-order chi connectivity index (χ1) is 54.2. The van der Waals surface area contributed by atoms with Crippen molar-refractivity contribution in [3.8, 4) is 17.0 Å².